The molecule has 0 aliphatic rings. The first-order chi connectivity index (χ1) is 9.82. The SMILES string of the molecule is CN(c1ccc(C(N)=S)cc1)S(=O)(=O)c1cncc(F)c1. The van der Waals surface area contributed by atoms with Gasteiger partial charge in [-0.3, -0.25) is 9.29 Å². The third-order valence-corrected chi connectivity index (χ3v) is 4.84. The summed E-state index contributed by atoms with van der Waals surface area (Å²) >= 11 is 4.83. The summed E-state index contributed by atoms with van der Waals surface area (Å²) in [5, 5.41) is 0. The molecule has 0 aliphatic heterocycles. The highest BCUT2D eigenvalue weighted by atomic mass is 32.2. The number of aromatic nitrogens is 1. The maximum Gasteiger partial charge on any atom is 0.265 e. The van der Waals surface area contributed by atoms with Crippen LogP contribution in [0.4, 0.5) is 10.1 Å². The molecule has 2 N–H and O–H groups in total. The molecule has 0 radical (unpaired) electrons. The summed E-state index contributed by atoms with van der Waals surface area (Å²) in [4.78, 5) is 3.55. The molecule has 0 spiro atoms. The molecule has 21 heavy (non-hydrogen) atoms. The minimum atomic E-state index is -3.88. The first-order valence-electron chi connectivity index (χ1n) is 5.82. The Labute approximate surface area is 127 Å². The molecule has 8 heteroatoms. The molecule has 0 bridgehead atoms. The van der Waals surface area contributed by atoms with Crippen LogP contribution in [0.3, 0.4) is 0 Å². The zero-order chi connectivity index (χ0) is 15.6. The van der Waals surface area contributed by atoms with E-state index in [1.807, 2.05) is 0 Å². The third kappa shape index (κ3) is 3.17. The predicted molar refractivity (Wildman–Crippen MR) is 82.1 cm³/mol. The Morgan fingerprint density at radius 2 is 1.90 bits per heavy atom. The number of nitrogens with two attached hydrogens (primary N) is 1. The molecule has 0 amide bonds. The molecule has 1 aromatic heterocycles. The van der Waals surface area contributed by atoms with Crippen molar-refractivity contribution in [3.63, 3.8) is 0 Å². The first-order valence-corrected chi connectivity index (χ1v) is 7.66. The fourth-order valence-corrected chi connectivity index (χ4v) is 2.97. The Hall–Kier alpha value is -2.06. The zero-order valence-electron chi connectivity index (χ0n) is 11.0. The maximum absolute atomic E-state index is 13.1. The minimum Gasteiger partial charge on any atom is -0.389 e. The van der Waals surface area contributed by atoms with Crippen LogP contribution in [0.5, 0.6) is 0 Å². The molecular formula is C13H12FN3O2S2. The standard InChI is InChI=1S/C13H12FN3O2S2/c1-17(11-4-2-9(3-5-11)13(15)20)21(18,19)12-6-10(14)7-16-8-12/h2-8H,1H3,(H2,15,20). The zero-order valence-corrected chi connectivity index (χ0v) is 12.7. The second-order valence-electron chi connectivity index (χ2n) is 4.22. The van der Waals surface area contributed by atoms with Crippen molar-refractivity contribution in [1.82, 2.24) is 4.98 Å². The van der Waals surface area contributed by atoms with Crippen molar-refractivity contribution in [1.29, 1.82) is 0 Å². The monoisotopic (exact) mass is 325 g/mol. The highest BCUT2D eigenvalue weighted by Gasteiger charge is 2.22. The summed E-state index contributed by atoms with van der Waals surface area (Å²) < 4.78 is 38.9. The lowest BCUT2D eigenvalue weighted by Crippen LogP contribution is -2.26. The lowest BCUT2D eigenvalue weighted by molar-refractivity contribution is 0.587. The third-order valence-electron chi connectivity index (χ3n) is 2.85. The van der Waals surface area contributed by atoms with E-state index in [9.17, 15) is 12.8 Å². The molecule has 110 valence electrons. The highest BCUT2D eigenvalue weighted by Crippen LogP contribution is 2.22. The van der Waals surface area contributed by atoms with Crippen LogP contribution in [0, 0.1) is 5.82 Å². The molecule has 0 fully saturated rings. The Bertz CT molecular complexity index is 776. The van der Waals surface area contributed by atoms with Crippen LogP contribution in [0.2, 0.25) is 0 Å². The van der Waals surface area contributed by atoms with E-state index in [1.165, 1.54) is 7.05 Å². The van der Waals surface area contributed by atoms with E-state index < -0.39 is 15.8 Å². The van der Waals surface area contributed by atoms with Crippen LogP contribution in [0.25, 0.3) is 0 Å². The van der Waals surface area contributed by atoms with E-state index in [2.05, 4.69) is 4.98 Å². The molecule has 1 heterocycles. The van der Waals surface area contributed by atoms with Crippen LogP contribution in [0.1, 0.15) is 5.56 Å². The number of pyridine rings is 1. The topological polar surface area (TPSA) is 76.3 Å². The average molecular weight is 325 g/mol. The number of hydrogen-bond acceptors (Lipinski definition) is 4. The van der Waals surface area contributed by atoms with Crippen LogP contribution in [-0.2, 0) is 10.0 Å². The molecule has 2 aromatic rings. The molecule has 1 aromatic carbocycles. The number of thiocarbonyl (C=S) groups is 1. The number of anilines is 1. The van der Waals surface area contributed by atoms with Gasteiger partial charge in [0.1, 0.15) is 15.7 Å². The Morgan fingerprint density at radius 1 is 1.29 bits per heavy atom. The average Bonchev–Trinajstić information content (AvgIpc) is 2.46. The van der Waals surface area contributed by atoms with E-state index in [1.54, 1.807) is 24.3 Å². The summed E-state index contributed by atoms with van der Waals surface area (Å²) in [5.41, 5.74) is 6.52. The fourth-order valence-electron chi connectivity index (χ4n) is 1.67. The number of rotatable bonds is 4. The summed E-state index contributed by atoms with van der Waals surface area (Å²) in [6.07, 6.45) is 2.04. The Kier molecular flexibility index (Phi) is 4.19. The van der Waals surface area contributed by atoms with Gasteiger partial charge < -0.3 is 5.73 Å². The van der Waals surface area contributed by atoms with Gasteiger partial charge in [0.15, 0.2) is 0 Å². The van der Waals surface area contributed by atoms with Crippen LogP contribution in [0.15, 0.2) is 47.6 Å². The van der Waals surface area contributed by atoms with Gasteiger partial charge >= 0.3 is 0 Å². The van der Waals surface area contributed by atoms with Crippen molar-refractivity contribution < 1.29 is 12.8 Å². The van der Waals surface area contributed by atoms with E-state index in [4.69, 9.17) is 18.0 Å². The van der Waals surface area contributed by atoms with E-state index in [0.29, 0.717) is 11.3 Å². The van der Waals surface area contributed by atoms with Gasteiger partial charge in [0, 0.05) is 18.8 Å². The second-order valence-corrected chi connectivity index (χ2v) is 6.63. The molecule has 2 rings (SSSR count). The summed E-state index contributed by atoms with van der Waals surface area (Å²) in [5.74, 6) is -0.715. The predicted octanol–water partition coefficient (Wildman–Crippen LogP) is 1.68. The maximum atomic E-state index is 13.1. The first kappa shape index (κ1) is 15.3. The molecule has 0 aliphatic carbocycles. The van der Waals surface area contributed by atoms with Crippen molar-refractivity contribution in [3.8, 4) is 0 Å². The molecule has 5 nitrogen and oxygen atoms in total. The number of sulfonamides is 1. The van der Waals surface area contributed by atoms with Gasteiger partial charge in [0.05, 0.1) is 11.9 Å². The molecule has 0 unspecified atom stereocenters. The smallest absolute Gasteiger partial charge is 0.265 e. The van der Waals surface area contributed by atoms with E-state index >= 15 is 0 Å². The van der Waals surface area contributed by atoms with Crippen molar-refractivity contribution in [2.24, 2.45) is 5.73 Å². The summed E-state index contributed by atoms with van der Waals surface area (Å²) in [6.45, 7) is 0. The van der Waals surface area contributed by atoms with Crippen LogP contribution in [-0.4, -0.2) is 25.4 Å². The highest BCUT2D eigenvalue weighted by molar-refractivity contribution is 7.92. The van der Waals surface area contributed by atoms with Crippen LogP contribution < -0.4 is 10.0 Å². The summed E-state index contributed by atoms with van der Waals surface area (Å²) in [7, 11) is -2.51. The van der Waals surface area contributed by atoms with Crippen molar-refractivity contribution in [2.45, 2.75) is 4.90 Å². The quantitative estimate of drug-likeness (QED) is 0.866. The van der Waals surface area contributed by atoms with Gasteiger partial charge in [-0.15, -0.1) is 0 Å². The number of halogens is 1. The van der Waals surface area contributed by atoms with Gasteiger partial charge in [-0.2, -0.15) is 0 Å². The normalized spacial score (nSPS) is 11.1. The minimum absolute atomic E-state index is 0.219. The fraction of sp³-hybridized carbons (Fsp3) is 0.0769. The van der Waals surface area contributed by atoms with Crippen molar-refractivity contribution in [2.75, 3.05) is 11.4 Å². The molecule has 0 atom stereocenters. The van der Waals surface area contributed by atoms with Gasteiger partial charge in [-0.1, -0.05) is 12.2 Å². The Morgan fingerprint density at radius 3 is 2.43 bits per heavy atom. The largest absolute Gasteiger partial charge is 0.389 e. The van der Waals surface area contributed by atoms with Gasteiger partial charge in [0.25, 0.3) is 10.0 Å². The van der Waals surface area contributed by atoms with Gasteiger partial charge in [0.2, 0.25) is 0 Å². The molecular weight excluding hydrogens is 313 g/mol. The summed E-state index contributed by atoms with van der Waals surface area (Å²) in [6, 6.07) is 7.29. The van der Waals surface area contributed by atoms with Crippen molar-refractivity contribution >= 4 is 32.9 Å². The molecule has 0 saturated heterocycles. The number of benzene rings is 1. The Balaban J connectivity index is 2.38. The lowest BCUT2D eigenvalue weighted by Gasteiger charge is -2.19. The number of nitrogens with zero attached hydrogens (tertiary/aromatic N) is 2. The number of hydrogen-bond donors (Lipinski definition) is 1. The lowest BCUT2D eigenvalue weighted by atomic mass is 10.2. The van der Waals surface area contributed by atoms with Crippen LogP contribution >= 0.6 is 12.2 Å². The van der Waals surface area contributed by atoms with Gasteiger partial charge in [-0.25, -0.2) is 12.8 Å². The second kappa shape index (κ2) is 5.74. The van der Waals surface area contributed by atoms with Crippen molar-refractivity contribution in [3.05, 3.63) is 54.1 Å². The van der Waals surface area contributed by atoms with Gasteiger partial charge in [-0.05, 0) is 30.3 Å². The van der Waals surface area contributed by atoms with E-state index in [-0.39, 0.29) is 9.88 Å². The molecule has 0 saturated carbocycles. The van der Waals surface area contributed by atoms with E-state index in [0.717, 1.165) is 22.8 Å².